The molecule has 7 heteroatoms. The number of nitrogens with one attached hydrogen (secondary N) is 1. The van der Waals surface area contributed by atoms with Gasteiger partial charge in [-0.1, -0.05) is 38.1 Å². The van der Waals surface area contributed by atoms with Crippen molar-refractivity contribution < 1.29 is 28.5 Å². The monoisotopic (exact) mass is 399 g/mol. The van der Waals surface area contributed by atoms with Crippen LogP contribution in [0.3, 0.4) is 0 Å². The van der Waals surface area contributed by atoms with Crippen molar-refractivity contribution in [3.8, 4) is 17.2 Å². The van der Waals surface area contributed by atoms with Gasteiger partial charge in [0.25, 0.3) is 5.91 Å². The Morgan fingerprint density at radius 2 is 1.83 bits per heavy atom. The fourth-order valence-corrected chi connectivity index (χ4v) is 2.89. The summed E-state index contributed by atoms with van der Waals surface area (Å²) < 4.78 is 21.3. The standard InChI is InChI=1S/C22H25NO6/c1-14(2)17-6-4-5-7-18(17)26-12-21(24)29-15(3)22(25)23-11-16-8-9-19-20(10-16)28-13-27-19/h4-10,14-15H,11-13H2,1-3H3,(H,23,25)/t15-/m0/s1. The number of para-hydroxylation sites is 1. The van der Waals surface area contributed by atoms with E-state index in [1.54, 1.807) is 12.1 Å². The highest BCUT2D eigenvalue weighted by Crippen LogP contribution is 2.32. The molecule has 0 unspecified atom stereocenters. The van der Waals surface area contributed by atoms with Crippen molar-refractivity contribution >= 4 is 11.9 Å². The molecule has 1 N–H and O–H groups in total. The Labute approximate surface area is 169 Å². The molecule has 0 fully saturated rings. The number of rotatable bonds is 8. The van der Waals surface area contributed by atoms with E-state index in [0.717, 1.165) is 11.1 Å². The minimum Gasteiger partial charge on any atom is -0.482 e. The van der Waals surface area contributed by atoms with Gasteiger partial charge in [0.15, 0.2) is 24.2 Å². The van der Waals surface area contributed by atoms with Gasteiger partial charge in [-0.3, -0.25) is 4.79 Å². The van der Waals surface area contributed by atoms with Crippen molar-refractivity contribution in [3.63, 3.8) is 0 Å². The van der Waals surface area contributed by atoms with E-state index in [9.17, 15) is 9.59 Å². The molecule has 29 heavy (non-hydrogen) atoms. The predicted molar refractivity (Wildman–Crippen MR) is 106 cm³/mol. The second-order valence-electron chi connectivity index (χ2n) is 7.02. The predicted octanol–water partition coefficient (Wildman–Crippen LogP) is 3.17. The summed E-state index contributed by atoms with van der Waals surface area (Å²) >= 11 is 0. The number of benzene rings is 2. The Morgan fingerprint density at radius 1 is 1.07 bits per heavy atom. The first kappa shape index (κ1) is 20.5. The number of carbonyl (C=O) groups excluding carboxylic acids is 2. The van der Waals surface area contributed by atoms with Gasteiger partial charge in [-0.25, -0.2) is 4.79 Å². The molecule has 0 aromatic heterocycles. The number of carbonyl (C=O) groups is 2. The van der Waals surface area contributed by atoms with E-state index in [1.165, 1.54) is 6.92 Å². The molecule has 2 aromatic rings. The molecule has 3 rings (SSSR count). The van der Waals surface area contributed by atoms with E-state index in [1.807, 2.05) is 44.2 Å². The summed E-state index contributed by atoms with van der Waals surface area (Å²) in [4.78, 5) is 24.3. The van der Waals surface area contributed by atoms with Crippen LogP contribution >= 0.6 is 0 Å². The first-order valence-electron chi connectivity index (χ1n) is 9.51. The minimum atomic E-state index is -0.930. The van der Waals surface area contributed by atoms with Crippen LogP contribution in [0.5, 0.6) is 17.2 Å². The lowest BCUT2D eigenvalue weighted by Crippen LogP contribution is -2.36. The normalized spacial score (nSPS) is 13.1. The average Bonchev–Trinajstić information content (AvgIpc) is 3.18. The van der Waals surface area contributed by atoms with Gasteiger partial charge in [-0.2, -0.15) is 0 Å². The molecule has 1 atom stereocenters. The van der Waals surface area contributed by atoms with E-state index >= 15 is 0 Å². The van der Waals surface area contributed by atoms with Crippen molar-refractivity contribution in [2.24, 2.45) is 0 Å². The lowest BCUT2D eigenvalue weighted by molar-refractivity contribution is -0.156. The molecule has 7 nitrogen and oxygen atoms in total. The zero-order chi connectivity index (χ0) is 20.8. The van der Waals surface area contributed by atoms with Crippen LogP contribution in [0.1, 0.15) is 37.8 Å². The van der Waals surface area contributed by atoms with Crippen LogP contribution in [-0.4, -0.2) is 31.4 Å². The molecule has 0 saturated carbocycles. The molecule has 1 aliphatic heterocycles. The Bertz CT molecular complexity index is 879. The quantitative estimate of drug-likeness (QED) is 0.687. The highest BCUT2D eigenvalue weighted by atomic mass is 16.7. The Balaban J connectivity index is 1.45. The van der Waals surface area contributed by atoms with Crippen molar-refractivity contribution in [2.45, 2.75) is 39.3 Å². The van der Waals surface area contributed by atoms with Crippen LogP contribution in [0.25, 0.3) is 0 Å². The molecule has 2 aromatic carbocycles. The third-order valence-electron chi connectivity index (χ3n) is 4.47. The summed E-state index contributed by atoms with van der Waals surface area (Å²) in [6.45, 7) is 5.84. The third-order valence-corrected chi connectivity index (χ3v) is 4.47. The van der Waals surface area contributed by atoms with Gasteiger partial charge in [-0.15, -0.1) is 0 Å². The summed E-state index contributed by atoms with van der Waals surface area (Å²) in [7, 11) is 0. The second-order valence-corrected chi connectivity index (χ2v) is 7.02. The summed E-state index contributed by atoms with van der Waals surface area (Å²) in [6.07, 6.45) is -0.930. The van der Waals surface area contributed by atoms with E-state index in [4.69, 9.17) is 18.9 Å². The van der Waals surface area contributed by atoms with Crippen molar-refractivity contribution in [3.05, 3.63) is 53.6 Å². The first-order chi connectivity index (χ1) is 13.9. The van der Waals surface area contributed by atoms with E-state index < -0.39 is 18.0 Å². The maximum absolute atomic E-state index is 12.2. The largest absolute Gasteiger partial charge is 0.482 e. The zero-order valence-corrected chi connectivity index (χ0v) is 16.8. The number of amides is 1. The second kappa shape index (κ2) is 9.32. The molecule has 1 aliphatic rings. The van der Waals surface area contributed by atoms with Crippen LogP contribution in [0.2, 0.25) is 0 Å². The van der Waals surface area contributed by atoms with Gasteiger partial charge in [0, 0.05) is 6.54 Å². The molecule has 154 valence electrons. The number of ether oxygens (including phenoxy) is 4. The first-order valence-corrected chi connectivity index (χ1v) is 9.51. The van der Waals surface area contributed by atoms with Gasteiger partial charge in [0.2, 0.25) is 6.79 Å². The van der Waals surface area contributed by atoms with E-state index in [-0.39, 0.29) is 25.9 Å². The van der Waals surface area contributed by atoms with Gasteiger partial charge < -0.3 is 24.3 Å². The summed E-state index contributed by atoms with van der Waals surface area (Å²) in [5, 5.41) is 2.74. The van der Waals surface area contributed by atoms with Gasteiger partial charge in [0.05, 0.1) is 0 Å². The van der Waals surface area contributed by atoms with Crippen LogP contribution in [0, 0.1) is 0 Å². The molecule has 1 heterocycles. The third kappa shape index (κ3) is 5.40. The topological polar surface area (TPSA) is 83.1 Å². The SMILES string of the molecule is CC(C)c1ccccc1OCC(=O)O[C@@H](C)C(=O)NCc1ccc2c(c1)OCO2. The molecule has 1 amide bonds. The molecule has 0 radical (unpaired) electrons. The molecular weight excluding hydrogens is 374 g/mol. The fourth-order valence-electron chi connectivity index (χ4n) is 2.89. The highest BCUT2D eigenvalue weighted by molar-refractivity contribution is 5.83. The van der Waals surface area contributed by atoms with E-state index in [2.05, 4.69) is 5.32 Å². The summed E-state index contributed by atoms with van der Waals surface area (Å²) in [5.74, 6) is 1.24. The highest BCUT2D eigenvalue weighted by Gasteiger charge is 2.19. The minimum absolute atomic E-state index is 0.196. The number of fused-ring (bicyclic) bond motifs is 1. The van der Waals surface area contributed by atoms with Crippen molar-refractivity contribution in [1.29, 1.82) is 0 Å². The number of esters is 1. The summed E-state index contributed by atoms with van der Waals surface area (Å²) in [6, 6.07) is 13.0. The zero-order valence-electron chi connectivity index (χ0n) is 16.8. The van der Waals surface area contributed by atoms with Gasteiger partial charge in [0.1, 0.15) is 5.75 Å². The fraction of sp³-hybridized carbons (Fsp3) is 0.364. The van der Waals surface area contributed by atoms with Crippen molar-refractivity contribution in [2.75, 3.05) is 13.4 Å². The number of hydrogen-bond donors (Lipinski definition) is 1. The molecule has 0 bridgehead atoms. The molecule has 0 saturated heterocycles. The van der Waals surface area contributed by atoms with E-state index in [0.29, 0.717) is 17.2 Å². The van der Waals surface area contributed by atoms with Crippen molar-refractivity contribution in [1.82, 2.24) is 5.32 Å². The maximum Gasteiger partial charge on any atom is 0.344 e. The Kier molecular flexibility index (Phi) is 6.59. The van der Waals surface area contributed by atoms with Crippen LogP contribution < -0.4 is 19.5 Å². The van der Waals surface area contributed by atoms with Crippen LogP contribution in [0.15, 0.2) is 42.5 Å². The van der Waals surface area contributed by atoms with Gasteiger partial charge in [-0.05, 0) is 42.2 Å². The Hall–Kier alpha value is -3.22. The lowest BCUT2D eigenvalue weighted by Gasteiger charge is -2.16. The molecular formula is C22H25NO6. The average molecular weight is 399 g/mol. The van der Waals surface area contributed by atoms with Crippen LogP contribution in [-0.2, 0) is 20.9 Å². The smallest absolute Gasteiger partial charge is 0.344 e. The maximum atomic E-state index is 12.2. The molecule has 0 aliphatic carbocycles. The van der Waals surface area contributed by atoms with Crippen LogP contribution in [0.4, 0.5) is 0 Å². The number of hydrogen-bond acceptors (Lipinski definition) is 6. The Morgan fingerprint density at radius 3 is 2.62 bits per heavy atom. The van der Waals surface area contributed by atoms with Gasteiger partial charge >= 0.3 is 5.97 Å². The lowest BCUT2D eigenvalue weighted by atomic mass is 10.0. The summed E-state index contributed by atoms with van der Waals surface area (Å²) in [5.41, 5.74) is 1.87. The molecule has 0 spiro atoms.